The molecule has 100 valence electrons. The van der Waals surface area contributed by atoms with Crippen LogP contribution in [0.3, 0.4) is 0 Å². The van der Waals surface area contributed by atoms with Crippen molar-refractivity contribution in [2.75, 3.05) is 5.73 Å². The Hall–Kier alpha value is -1.72. The number of anilines is 1. The maximum Gasteiger partial charge on any atom is 0.134 e. The average Bonchev–Trinajstić information content (AvgIpc) is 2.89. The number of benzene rings is 2. The predicted octanol–water partition coefficient (Wildman–Crippen LogP) is 4.96. The van der Waals surface area contributed by atoms with E-state index in [1.807, 2.05) is 35.7 Å². The summed E-state index contributed by atoms with van der Waals surface area (Å²) in [7, 11) is 0. The summed E-state index contributed by atoms with van der Waals surface area (Å²) in [5.41, 5.74) is 8.66. The fourth-order valence-corrected chi connectivity index (χ4v) is 3.43. The molecule has 2 N–H and O–H groups in total. The topological polar surface area (TPSA) is 38.9 Å². The summed E-state index contributed by atoms with van der Waals surface area (Å²) in [6.45, 7) is 0. The minimum Gasteiger partial charge on any atom is -0.399 e. The summed E-state index contributed by atoms with van der Waals surface area (Å²) >= 11 is 4.79. The van der Waals surface area contributed by atoms with Gasteiger partial charge >= 0.3 is 0 Å². The van der Waals surface area contributed by atoms with E-state index < -0.39 is 0 Å². The maximum atomic E-state index is 13.9. The smallest absolute Gasteiger partial charge is 0.134 e. The van der Waals surface area contributed by atoms with E-state index in [0.717, 1.165) is 11.3 Å². The van der Waals surface area contributed by atoms with Crippen LogP contribution in [-0.4, -0.2) is 4.98 Å². The molecule has 0 amide bonds. The number of nitrogens with zero attached hydrogens (tertiary/aromatic N) is 1. The number of rotatable bonds is 2. The van der Waals surface area contributed by atoms with Crippen LogP contribution >= 0.6 is 27.3 Å². The molecule has 0 atom stereocenters. The monoisotopic (exact) mass is 348 g/mol. The zero-order valence-electron chi connectivity index (χ0n) is 10.3. The molecule has 3 rings (SSSR count). The van der Waals surface area contributed by atoms with Gasteiger partial charge in [-0.15, -0.1) is 11.3 Å². The van der Waals surface area contributed by atoms with E-state index in [0.29, 0.717) is 20.7 Å². The van der Waals surface area contributed by atoms with Crippen LogP contribution in [-0.2, 0) is 0 Å². The first-order valence-corrected chi connectivity index (χ1v) is 7.58. The molecule has 2 nitrogen and oxygen atoms in total. The van der Waals surface area contributed by atoms with Gasteiger partial charge in [-0.2, -0.15) is 0 Å². The molecule has 0 spiro atoms. The molecule has 0 aliphatic rings. The van der Waals surface area contributed by atoms with Gasteiger partial charge in [0.25, 0.3) is 0 Å². The van der Waals surface area contributed by atoms with Crippen molar-refractivity contribution in [3.05, 3.63) is 58.1 Å². The van der Waals surface area contributed by atoms with Crippen molar-refractivity contribution >= 4 is 33.0 Å². The van der Waals surface area contributed by atoms with Crippen molar-refractivity contribution < 1.29 is 4.39 Å². The first kappa shape index (κ1) is 13.3. The predicted molar refractivity (Wildman–Crippen MR) is 85.1 cm³/mol. The first-order chi connectivity index (χ1) is 9.65. The fraction of sp³-hybridized carbons (Fsp3) is 0. The highest BCUT2D eigenvalue weighted by molar-refractivity contribution is 9.10. The molecule has 0 saturated carbocycles. The van der Waals surface area contributed by atoms with Crippen LogP contribution in [0.2, 0.25) is 0 Å². The SMILES string of the molecule is Nc1ccc(-c2csc(-c3c(F)cccc3Br)n2)cc1. The van der Waals surface area contributed by atoms with Crippen molar-refractivity contribution in [3.8, 4) is 21.8 Å². The Morgan fingerprint density at radius 3 is 2.55 bits per heavy atom. The molecule has 5 heteroatoms. The first-order valence-electron chi connectivity index (χ1n) is 5.91. The van der Waals surface area contributed by atoms with Gasteiger partial charge in [0.15, 0.2) is 0 Å². The van der Waals surface area contributed by atoms with Gasteiger partial charge in [-0.05, 0) is 40.2 Å². The number of halogens is 2. The second kappa shape index (κ2) is 5.34. The number of hydrogen-bond donors (Lipinski definition) is 1. The molecule has 1 heterocycles. The Kier molecular flexibility index (Phi) is 3.54. The maximum absolute atomic E-state index is 13.9. The summed E-state index contributed by atoms with van der Waals surface area (Å²) in [4.78, 5) is 4.51. The normalized spacial score (nSPS) is 10.7. The third-order valence-corrected chi connectivity index (χ3v) is 4.41. The molecule has 3 aromatic rings. The Morgan fingerprint density at radius 2 is 1.85 bits per heavy atom. The number of hydrogen-bond acceptors (Lipinski definition) is 3. The zero-order chi connectivity index (χ0) is 14.1. The molecule has 0 bridgehead atoms. The summed E-state index contributed by atoms with van der Waals surface area (Å²) in [6, 6.07) is 12.4. The Morgan fingerprint density at radius 1 is 1.10 bits per heavy atom. The molecule has 0 radical (unpaired) electrons. The van der Waals surface area contributed by atoms with Gasteiger partial charge in [-0.1, -0.05) is 18.2 Å². The van der Waals surface area contributed by atoms with Crippen molar-refractivity contribution in [2.24, 2.45) is 0 Å². The lowest BCUT2D eigenvalue weighted by molar-refractivity contribution is 0.630. The third-order valence-electron chi connectivity index (χ3n) is 2.89. The lowest BCUT2D eigenvalue weighted by Crippen LogP contribution is -1.86. The lowest BCUT2D eigenvalue weighted by Gasteiger charge is -2.02. The summed E-state index contributed by atoms with van der Waals surface area (Å²) < 4.78 is 14.6. The average molecular weight is 349 g/mol. The molecular formula is C15H10BrFN2S. The van der Waals surface area contributed by atoms with E-state index in [4.69, 9.17) is 5.73 Å². The van der Waals surface area contributed by atoms with Gasteiger partial charge in [0, 0.05) is 21.1 Å². The van der Waals surface area contributed by atoms with Crippen LogP contribution in [0, 0.1) is 5.82 Å². The molecule has 0 fully saturated rings. The molecule has 0 aliphatic carbocycles. The van der Waals surface area contributed by atoms with Crippen molar-refractivity contribution in [3.63, 3.8) is 0 Å². The Bertz CT molecular complexity index is 733. The zero-order valence-corrected chi connectivity index (χ0v) is 12.7. The minimum absolute atomic E-state index is 0.280. The molecule has 0 unspecified atom stereocenters. The highest BCUT2D eigenvalue weighted by atomic mass is 79.9. The molecule has 0 saturated heterocycles. The van der Waals surface area contributed by atoms with Gasteiger partial charge in [0.2, 0.25) is 0 Å². The van der Waals surface area contributed by atoms with Crippen LogP contribution in [0.5, 0.6) is 0 Å². The highest BCUT2D eigenvalue weighted by Crippen LogP contribution is 2.35. The number of nitrogen functional groups attached to an aromatic ring is 1. The van der Waals surface area contributed by atoms with Gasteiger partial charge in [-0.3, -0.25) is 0 Å². The molecular weight excluding hydrogens is 339 g/mol. The van der Waals surface area contributed by atoms with Crippen molar-refractivity contribution in [1.29, 1.82) is 0 Å². The van der Waals surface area contributed by atoms with Crippen molar-refractivity contribution in [2.45, 2.75) is 0 Å². The molecule has 1 aromatic heterocycles. The second-order valence-corrected chi connectivity index (χ2v) is 5.97. The third kappa shape index (κ3) is 2.46. The standard InChI is InChI=1S/C15H10BrFN2S/c16-11-2-1-3-12(17)14(11)15-19-13(8-20-15)9-4-6-10(18)7-5-9/h1-8H,18H2. The summed E-state index contributed by atoms with van der Waals surface area (Å²) in [5.74, 6) is -0.280. The van der Waals surface area contributed by atoms with E-state index in [-0.39, 0.29) is 5.82 Å². The van der Waals surface area contributed by atoms with E-state index >= 15 is 0 Å². The van der Waals surface area contributed by atoms with Crippen molar-refractivity contribution in [1.82, 2.24) is 4.98 Å². The van der Waals surface area contributed by atoms with Gasteiger partial charge in [0.1, 0.15) is 10.8 Å². The van der Waals surface area contributed by atoms with Gasteiger partial charge < -0.3 is 5.73 Å². The van der Waals surface area contributed by atoms with E-state index in [1.54, 1.807) is 6.07 Å². The van der Waals surface area contributed by atoms with Crippen LogP contribution < -0.4 is 5.73 Å². The lowest BCUT2D eigenvalue weighted by atomic mass is 10.1. The minimum atomic E-state index is -0.280. The fourth-order valence-electron chi connectivity index (χ4n) is 1.88. The number of aromatic nitrogens is 1. The van der Waals surface area contributed by atoms with E-state index in [1.165, 1.54) is 17.4 Å². The molecule has 0 aliphatic heterocycles. The largest absolute Gasteiger partial charge is 0.399 e. The quantitative estimate of drug-likeness (QED) is 0.664. The second-order valence-electron chi connectivity index (χ2n) is 4.26. The van der Waals surface area contributed by atoms with E-state index in [9.17, 15) is 4.39 Å². The van der Waals surface area contributed by atoms with E-state index in [2.05, 4.69) is 20.9 Å². The Labute approximate surface area is 128 Å². The molecule has 2 aromatic carbocycles. The summed E-state index contributed by atoms with van der Waals surface area (Å²) in [5, 5.41) is 2.57. The molecule has 20 heavy (non-hydrogen) atoms. The van der Waals surface area contributed by atoms with Crippen LogP contribution in [0.15, 0.2) is 52.3 Å². The van der Waals surface area contributed by atoms with Gasteiger partial charge in [0.05, 0.1) is 11.3 Å². The summed E-state index contributed by atoms with van der Waals surface area (Å²) in [6.07, 6.45) is 0. The number of nitrogens with two attached hydrogens (primary N) is 1. The Balaban J connectivity index is 2.04. The van der Waals surface area contributed by atoms with Gasteiger partial charge in [-0.25, -0.2) is 9.37 Å². The van der Waals surface area contributed by atoms with Crippen LogP contribution in [0.1, 0.15) is 0 Å². The van der Waals surface area contributed by atoms with Crippen LogP contribution in [0.4, 0.5) is 10.1 Å². The van der Waals surface area contributed by atoms with Crippen LogP contribution in [0.25, 0.3) is 21.8 Å². The number of thiazole rings is 1. The highest BCUT2D eigenvalue weighted by Gasteiger charge is 2.13.